The molecule has 3 nitrogen and oxygen atoms in total. The van der Waals surface area contributed by atoms with Gasteiger partial charge >= 0.3 is 0 Å². The van der Waals surface area contributed by atoms with Crippen LogP contribution in [0.2, 0.25) is 4.34 Å². The topological polar surface area (TPSA) is 47.3 Å². The molecule has 1 unspecified atom stereocenters. The molecule has 0 radical (unpaired) electrons. The molecule has 90 valence electrons. The number of nitrogens with one attached hydrogen (secondary N) is 1. The van der Waals surface area contributed by atoms with E-state index in [0.29, 0.717) is 0 Å². The Morgan fingerprint density at radius 1 is 1.62 bits per heavy atom. The van der Waals surface area contributed by atoms with Gasteiger partial charge in [-0.15, -0.1) is 11.3 Å². The molecule has 1 heterocycles. The third-order valence-electron chi connectivity index (χ3n) is 3.48. The molecule has 1 fully saturated rings. The Bertz CT molecular complexity index is 346. The van der Waals surface area contributed by atoms with Crippen molar-refractivity contribution in [1.82, 2.24) is 5.43 Å². The largest absolute Gasteiger partial charge is 0.377 e. The van der Waals surface area contributed by atoms with Crippen LogP contribution < -0.4 is 11.3 Å². The number of ether oxygens (including phenoxy) is 1. The molecule has 0 aromatic carbocycles. The van der Waals surface area contributed by atoms with E-state index >= 15 is 0 Å². The lowest BCUT2D eigenvalue weighted by atomic mass is 9.73. The van der Waals surface area contributed by atoms with Crippen LogP contribution in [0.5, 0.6) is 0 Å². The predicted octanol–water partition coefficient (Wildman–Crippen LogP) is 2.35. The summed E-state index contributed by atoms with van der Waals surface area (Å²) in [5.74, 6) is 5.64. The summed E-state index contributed by atoms with van der Waals surface area (Å²) in [6, 6.07) is 4.15. The molecule has 1 aromatic rings. The standard InChI is InChI=1S/C11H17ClN2OS/c1-15-11(5-2-6-11)9(14-13)7-8-3-4-10(12)16-8/h3-4,9,14H,2,5-7,13H2,1H3. The number of hydrazine groups is 1. The molecule has 2 rings (SSSR count). The summed E-state index contributed by atoms with van der Waals surface area (Å²) < 4.78 is 6.46. The molecule has 0 spiro atoms. The molecule has 0 aliphatic heterocycles. The Labute approximate surface area is 105 Å². The minimum absolute atomic E-state index is 0.0782. The van der Waals surface area contributed by atoms with E-state index in [1.54, 1.807) is 18.4 Å². The molecule has 1 atom stereocenters. The van der Waals surface area contributed by atoms with Crippen molar-refractivity contribution >= 4 is 22.9 Å². The van der Waals surface area contributed by atoms with Gasteiger partial charge in [-0.2, -0.15) is 0 Å². The summed E-state index contributed by atoms with van der Waals surface area (Å²) >= 11 is 7.53. The minimum Gasteiger partial charge on any atom is -0.377 e. The molecular weight excluding hydrogens is 244 g/mol. The maximum absolute atomic E-state index is 5.92. The first-order valence-electron chi connectivity index (χ1n) is 5.46. The first kappa shape index (κ1) is 12.3. The van der Waals surface area contributed by atoms with Crippen LogP contribution in [0.15, 0.2) is 12.1 Å². The SMILES string of the molecule is COC1(C(Cc2ccc(Cl)s2)NN)CCC1. The summed E-state index contributed by atoms with van der Waals surface area (Å²) in [5, 5.41) is 0. The normalized spacial score (nSPS) is 20.4. The van der Waals surface area contributed by atoms with Gasteiger partial charge in [0.05, 0.1) is 16.0 Å². The molecule has 0 saturated heterocycles. The van der Waals surface area contributed by atoms with Gasteiger partial charge in [-0.3, -0.25) is 11.3 Å². The van der Waals surface area contributed by atoms with Crippen LogP contribution in [-0.4, -0.2) is 18.8 Å². The van der Waals surface area contributed by atoms with E-state index in [-0.39, 0.29) is 11.6 Å². The van der Waals surface area contributed by atoms with Crippen molar-refractivity contribution in [2.45, 2.75) is 37.3 Å². The number of halogens is 1. The van der Waals surface area contributed by atoms with Crippen molar-refractivity contribution in [2.75, 3.05) is 7.11 Å². The molecule has 0 amide bonds. The van der Waals surface area contributed by atoms with Gasteiger partial charge in [-0.1, -0.05) is 11.6 Å². The average Bonchev–Trinajstić information content (AvgIpc) is 2.61. The van der Waals surface area contributed by atoms with Crippen LogP contribution in [-0.2, 0) is 11.2 Å². The Kier molecular flexibility index (Phi) is 3.87. The molecule has 5 heteroatoms. The smallest absolute Gasteiger partial charge is 0.0931 e. The molecular formula is C11H17ClN2OS. The van der Waals surface area contributed by atoms with E-state index in [1.165, 1.54) is 11.3 Å². The number of thiophene rings is 1. The summed E-state index contributed by atoms with van der Waals surface area (Å²) in [7, 11) is 1.77. The fourth-order valence-electron chi connectivity index (χ4n) is 2.28. The first-order valence-corrected chi connectivity index (χ1v) is 6.65. The number of nitrogens with two attached hydrogens (primary N) is 1. The van der Waals surface area contributed by atoms with Crippen LogP contribution in [0.1, 0.15) is 24.1 Å². The molecule has 0 bridgehead atoms. The molecule has 1 saturated carbocycles. The number of rotatable bonds is 5. The van der Waals surface area contributed by atoms with Crippen LogP contribution in [0, 0.1) is 0 Å². The monoisotopic (exact) mass is 260 g/mol. The second kappa shape index (κ2) is 5.02. The highest BCUT2D eigenvalue weighted by Gasteiger charge is 2.44. The van der Waals surface area contributed by atoms with Gasteiger partial charge in [0.1, 0.15) is 0 Å². The average molecular weight is 261 g/mol. The fourth-order valence-corrected chi connectivity index (χ4v) is 3.41. The molecule has 1 aliphatic carbocycles. The lowest BCUT2D eigenvalue weighted by molar-refractivity contribution is -0.0980. The van der Waals surface area contributed by atoms with Gasteiger partial charge in [-0.25, -0.2) is 0 Å². The molecule has 1 aliphatic rings. The number of hydrogen-bond donors (Lipinski definition) is 2. The van der Waals surface area contributed by atoms with E-state index in [2.05, 4.69) is 11.5 Å². The van der Waals surface area contributed by atoms with Gasteiger partial charge in [0, 0.05) is 18.4 Å². The second-order valence-corrected chi connectivity index (χ2v) is 6.05. The number of hydrogen-bond acceptors (Lipinski definition) is 4. The molecule has 1 aromatic heterocycles. The molecule has 16 heavy (non-hydrogen) atoms. The van der Waals surface area contributed by atoms with Crippen LogP contribution >= 0.6 is 22.9 Å². The van der Waals surface area contributed by atoms with Crippen molar-refractivity contribution < 1.29 is 4.74 Å². The van der Waals surface area contributed by atoms with Gasteiger partial charge < -0.3 is 4.74 Å². The summed E-state index contributed by atoms with van der Waals surface area (Å²) in [4.78, 5) is 1.25. The summed E-state index contributed by atoms with van der Waals surface area (Å²) in [5.41, 5.74) is 2.81. The van der Waals surface area contributed by atoms with Gasteiger partial charge in [0.25, 0.3) is 0 Å². The van der Waals surface area contributed by atoms with Crippen molar-refractivity contribution in [1.29, 1.82) is 0 Å². The van der Waals surface area contributed by atoms with E-state index in [9.17, 15) is 0 Å². The Morgan fingerprint density at radius 3 is 2.75 bits per heavy atom. The third-order valence-corrected chi connectivity index (χ3v) is 4.73. The Morgan fingerprint density at radius 2 is 2.38 bits per heavy atom. The van der Waals surface area contributed by atoms with Crippen LogP contribution in [0.3, 0.4) is 0 Å². The second-order valence-electron chi connectivity index (χ2n) is 4.25. The van der Waals surface area contributed by atoms with Crippen LogP contribution in [0.25, 0.3) is 0 Å². The highest BCUT2D eigenvalue weighted by Crippen LogP contribution is 2.39. The van der Waals surface area contributed by atoms with E-state index in [0.717, 1.165) is 23.6 Å². The van der Waals surface area contributed by atoms with Crippen molar-refractivity contribution in [3.05, 3.63) is 21.3 Å². The Balaban J connectivity index is 2.05. The van der Waals surface area contributed by atoms with Crippen molar-refractivity contribution in [2.24, 2.45) is 5.84 Å². The predicted molar refractivity (Wildman–Crippen MR) is 67.7 cm³/mol. The Hall–Kier alpha value is -0.130. The lowest BCUT2D eigenvalue weighted by Crippen LogP contribution is -2.59. The summed E-state index contributed by atoms with van der Waals surface area (Å²) in [6.07, 6.45) is 4.26. The highest BCUT2D eigenvalue weighted by molar-refractivity contribution is 7.16. The summed E-state index contributed by atoms with van der Waals surface area (Å²) in [6.45, 7) is 0. The first-order chi connectivity index (χ1) is 7.70. The zero-order valence-electron chi connectivity index (χ0n) is 9.33. The van der Waals surface area contributed by atoms with E-state index in [1.807, 2.05) is 6.07 Å². The van der Waals surface area contributed by atoms with E-state index < -0.39 is 0 Å². The van der Waals surface area contributed by atoms with Gasteiger partial charge in [0.2, 0.25) is 0 Å². The zero-order chi connectivity index (χ0) is 11.6. The molecule has 3 N–H and O–H groups in total. The van der Waals surface area contributed by atoms with Gasteiger partial charge in [0.15, 0.2) is 0 Å². The minimum atomic E-state index is -0.0782. The van der Waals surface area contributed by atoms with Crippen molar-refractivity contribution in [3.8, 4) is 0 Å². The fraction of sp³-hybridized carbons (Fsp3) is 0.636. The lowest BCUT2D eigenvalue weighted by Gasteiger charge is -2.46. The number of methoxy groups -OCH3 is 1. The highest BCUT2D eigenvalue weighted by atomic mass is 35.5. The van der Waals surface area contributed by atoms with Crippen LogP contribution in [0.4, 0.5) is 0 Å². The quantitative estimate of drug-likeness (QED) is 0.631. The maximum Gasteiger partial charge on any atom is 0.0931 e. The zero-order valence-corrected chi connectivity index (χ0v) is 10.9. The van der Waals surface area contributed by atoms with Crippen molar-refractivity contribution in [3.63, 3.8) is 0 Å². The third kappa shape index (κ3) is 2.26. The maximum atomic E-state index is 5.92. The van der Waals surface area contributed by atoms with E-state index in [4.69, 9.17) is 22.2 Å². The van der Waals surface area contributed by atoms with Gasteiger partial charge in [-0.05, 0) is 31.4 Å².